The van der Waals surface area contributed by atoms with Crippen LogP contribution in [0.4, 0.5) is 0 Å². The number of methoxy groups -OCH3 is 1. The summed E-state index contributed by atoms with van der Waals surface area (Å²) in [6, 6.07) is 8.18. The Morgan fingerprint density at radius 3 is 2.43 bits per heavy atom. The van der Waals surface area contributed by atoms with Gasteiger partial charge in [-0.05, 0) is 56.0 Å². The zero-order chi connectivity index (χ0) is 16.7. The average Bonchev–Trinajstić information content (AvgIpc) is 2.55. The van der Waals surface area contributed by atoms with E-state index in [0.29, 0.717) is 18.9 Å². The van der Waals surface area contributed by atoms with Gasteiger partial charge in [0.25, 0.3) is 0 Å². The van der Waals surface area contributed by atoms with E-state index in [9.17, 15) is 8.42 Å². The second kappa shape index (κ2) is 8.66. The number of rotatable bonds is 8. The van der Waals surface area contributed by atoms with E-state index in [0.717, 1.165) is 38.2 Å². The van der Waals surface area contributed by atoms with Gasteiger partial charge in [-0.3, -0.25) is 4.90 Å². The lowest BCUT2D eigenvalue weighted by Gasteiger charge is -2.32. The maximum absolute atomic E-state index is 11.7. The van der Waals surface area contributed by atoms with Gasteiger partial charge in [-0.1, -0.05) is 19.1 Å². The van der Waals surface area contributed by atoms with Crippen molar-refractivity contribution in [2.75, 3.05) is 32.5 Å². The average molecular weight is 340 g/mol. The Morgan fingerprint density at radius 1 is 1.22 bits per heavy atom. The molecule has 1 heterocycles. The Hall–Kier alpha value is -1.11. The van der Waals surface area contributed by atoms with Crippen molar-refractivity contribution in [1.29, 1.82) is 0 Å². The summed E-state index contributed by atoms with van der Waals surface area (Å²) >= 11 is 0. The normalized spacial score (nSPS) is 17.3. The van der Waals surface area contributed by atoms with Gasteiger partial charge in [-0.15, -0.1) is 0 Å². The third kappa shape index (κ3) is 6.12. The maximum atomic E-state index is 11.7. The summed E-state index contributed by atoms with van der Waals surface area (Å²) in [6.07, 6.45) is 2.76. The molecule has 2 rings (SSSR count). The summed E-state index contributed by atoms with van der Waals surface area (Å²) in [7, 11) is -1.40. The van der Waals surface area contributed by atoms with E-state index >= 15 is 0 Å². The molecule has 0 spiro atoms. The number of hydrogen-bond acceptors (Lipinski definition) is 4. The Kier molecular flexibility index (Phi) is 6.87. The highest BCUT2D eigenvalue weighted by molar-refractivity contribution is 7.89. The van der Waals surface area contributed by atoms with Crippen molar-refractivity contribution in [3.63, 3.8) is 0 Å². The lowest BCUT2D eigenvalue weighted by molar-refractivity contribution is 0.178. The second-order valence-corrected chi connectivity index (χ2v) is 8.16. The van der Waals surface area contributed by atoms with Crippen molar-refractivity contribution in [2.45, 2.75) is 32.7 Å². The largest absolute Gasteiger partial charge is 0.497 e. The number of sulfonamides is 1. The predicted molar refractivity (Wildman–Crippen MR) is 93.1 cm³/mol. The molecule has 1 N–H and O–H groups in total. The van der Waals surface area contributed by atoms with Crippen LogP contribution < -0.4 is 9.46 Å². The van der Waals surface area contributed by atoms with E-state index in [1.54, 1.807) is 7.11 Å². The summed E-state index contributed by atoms with van der Waals surface area (Å²) in [4.78, 5) is 2.43. The molecule has 1 aromatic rings. The van der Waals surface area contributed by atoms with Crippen LogP contribution in [0, 0.1) is 5.92 Å². The molecule has 0 aliphatic carbocycles. The molecular formula is C17H28N2O3S. The third-order valence-corrected chi connectivity index (χ3v) is 5.89. The van der Waals surface area contributed by atoms with Crippen molar-refractivity contribution in [1.82, 2.24) is 9.62 Å². The minimum absolute atomic E-state index is 0.226. The quantitative estimate of drug-likeness (QED) is 0.788. The fourth-order valence-electron chi connectivity index (χ4n) is 2.92. The summed E-state index contributed by atoms with van der Waals surface area (Å²) in [5.41, 5.74) is 1.29. The van der Waals surface area contributed by atoms with Crippen molar-refractivity contribution in [2.24, 2.45) is 5.92 Å². The zero-order valence-electron chi connectivity index (χ0n) is 14.1. The highest BCUT2D eigenvalue weighted by atomic mass is 32.2. The first-order chi connectivity index (χ1) is 11.0. The molecule has 1 aliphatic rings. The molecule has 0 aromatic heterocycles. The molecule has 5 nitrogen and oxygen atoms in total. The molecule has 130 valence electrons. The lowest BCUT2D eigenvalue weighted by atomic mass is 9.97. The van der Waals surface area contributed by atoms with Gasteiger partial charge in [0, 0.05) is 13.1 Å². The van der Waals surface area contributed by atoms with Crippen molar-refractivity contribution in [3.8, 4) is 5.75 Å². The predicted octanol–water partition coefficient (Wildman–Crippen LogP) is 2.24. The highest BCUT2D eigenvalue weighted by Gasteiger charge is 2.20. The van der Waals surface area contributed by atoms with Crippen molar-refractivity contribution < 1.29 is 13.2 Å². The Bertz CT molecular complexity index is 564. The smallest absolute Gasteiger partial charge is 0.211 e. The van der Waals surface area contributed by atoms with Gasteiger partial charge in [0.1, 0.15) is 5.75 Å². The number of benzene rings is 1. The van der Waals surface area contributed by atoms with Gasteiger partial charge in [0.15, 0.2) is 0 Å². The third-order valence-electron chi connectivity index (χ3n) is 4.34. The van der Waals surface area contributed by atoms with E-state index < -0.39 is 10.0 Å². The van der Waals surface area contributed by atoms with Crippen molar-refractivity contribution in [3.05, 3.63) is 29.8 Å². The Balaban J connectivity index is 1.73. The number of piperidine rings is 1. The summed E-state index contributed by atoms with van der Waals surface area (Å²) < 4.78 is 31.3. The van der Waals surface area contributed by atoms with Crippen LogP contribution in [0.2, 0.25) is 0 Å². The second-order valence-electron chi connectivity index (χ2n) is 6.23. The van der Waals surface area contributed by atoms with Gasteiger partial charge >= 0.3 is 0 Å². The number of hydrogen-bond donors (Lipinski definition) is 1. The van der Waals surface area contributed by atoms with Crippen LogP contribution in [-0.4, -0.2) is 45.8 Å². The van der Waals surface area contributed by atoms with Gasteiger partial charge in [-0.25, -0.2) is 13.1 Å². The number of nitrogens with zero attached hydrogens (tertiary/aromatic N) is 1. The first kappa shape index (κ1) is 18.2. The molecule has 6 heteroatoms. The van der Waals surface area contributed by atoms with E-state index in [-0.39, 0.29) is 5.75 Å². The van der Waals surface area contributed by atoms with Crippen LogP contribution in [0.25, 0.3) is 0 Å². The molecule has 1 saturated heterocycles. The van der Waals surface area contributed by atoms with Gasteiger partial charge in [0.2, 0.25) is 10.0 Å². The van der Waals surface area contributed by atoms with Crippen LogP contribution in [-0.2, 0) is 16.6 Å². The number of ether oxygens (including phenoxy) is 1. The first-order valence-corrected chi connectivity index (χ1v) is 10.00. The molecule has 0 bridgehead atoms. The molecule has 23 heavy (non-hydrogen) atoms. The summed E-state index contributed by atoms with van der Waals surface area (Å²) in [5.74, 6) is 1.56. The molecule has 1 aliphatic heterocycles. The Morgan fingerprint density at radius 2 is 1.87 bits per heavy atom. The van der Waals surface area contributed by atoms with Gasteiger partial charge in [-0.2, -0.15) is 0 Å². The fourth-order valence-corrected chi connectivity index (χ4v) is 4.09. The van der Waals surface area contributed by atoms with Crippen LogP contribution in [0.3, 0.4) is 0 Å². The lowest BCUT2D eigenvalue weighted by Crippen LogP contribution is -2.38. The standard InChI is InChI=1S/C17H28N2O3S/c1-3-12-23(20,21)18-13-15-8-10-19(11-9-15)14-16-4-6-17(22-2)7-5-16/h4-7,15,18H,3,8-14H2,1-2H3. The molecule has 1 fully saturated rings. The minimum atomic E-state index is -3.08. The highest BCUT2D eigenvalue weighted by Crippen LogP contribution is 2.20. The first-order valence-electron chi connectivity index (χ1n) is 8.35. The van der Waals surface area contributed by atoms with Crippen molar-refractivity contribution >= 4 is 10.0 Å². The fraction of sp³-hybridized carbons (Fsp3) is 0.647. The molecule has 0 amide bonds. The maximum Gasteiger partial charge on any atom is 0.211 e. The monoisotopic (exact) mass is 340 g/mol. The number of likely N-dealkylation sites (tertiary alicyclic amines) is 1. The van der Waals surface area contributed by atoms with Gasteiger partial charge < -0.3 is 4.74 Å². The van der Waals surface area contributed by atoms with Crippen LogP contribution in [0.5, 0.6) is 5.75 Å². The SMILES string of the molecule is CCCS(=O)(=O)NCC1CCN(Cc2ccc(OC)cc2)CC1. The topological polar surface area (TPSA) is 58.6 Å². The van der Waals surface area contributed by atoms with E-state index in [1.807, 2.05) is 19.1 Å². The van der Waals surface area contributed by atoms with Gasteiger partial charge in [0.05, 0.1) is 12.9 Å². The molecule has 0 unspecified atom stereocenters. The van der Waals surface area contributed by atoms with E-state index in [4.69, 9.17) is 4.74 Å². The molecule has 0 saturated carbocycles. The Labute approximate surface area is 140 Å². The molecule has 0 atom stereocenters. The van der Waals surface area contributed by atoms with E-state index in [2.05, 4.69) is 21.8 Å². The van der Waals surface area contributed by atoms with Crippen LogP contribution in [0.1, 0.15) is 31.7 Å². The molecular weight excluding hydrogens is 312 g/mol. The zero-order valence-corrected chi connectivity index (χ0v) is 14.9. The van der Waals surface area contributed by atoms with E-state index in [1.165, 1.54) is 5.56 Å². The van der Waals surface area contributed by atoms with Crippen LogP contribution in [0.15, 0.2) is 24.3 Å². The molecule has 0 radical (unpaired) electrons. The minimum Gasteiger partial charge on any atom is -0.497 e. The summed E-state index contributed by atoms with van der Waals surface area (Å²) in [5, 5.41) is 0. The van der Waals surface area contributed by atoms with Crippen LogP contribution >= 0.6 is 0 Å². The summed E-state index contributed by atoms with van der Waals surface area (Å²) in [6.45, 7) is 5.45. The molecule has 1 aromatic carbocycles. The number of nitrogens with one attached hydrogen (secondary N) is 1.